The number of nitrogens with zero attached hydrogens (tertiary/aromatic N) is 3. The molecule has 66 valence electrons. The molecule has 0 unspecified atom stereocenters. The summed E-state index contributed by atoms with van der Waals surface area (Å²) < 4.78 is 0. The fourth-order valence-corrected chi connectivity index (χ4v) is 2.06. The summed E-state index contributed by atoms with van der Waals surface area (Å²) in [5, 5.41) is 20.5. The van der Waals surface area contributed by atoms with Gasteiger partial charge in [-0.1, -0.05) is 19.6 Å². The van der Waals surface area contributed by atoms with Crippen molar-refractivity contribution in [1.82, 2.24) is 15.4 Å². The molecule has 0 saturated heterocycles. The van der Waals surface area contributed by atoms with Crippen LogP contribution in [0.3, 0.4) is 0 Å². The number of aromatic amines is 1. The van der Waals surface area contributed by atoms with Crippen molar-refractivity contribution >= 4 is 19.2 Å². The lowest BCUT2D eigenvalue weighted by Crippen LogP contribution is -2.40. The van der Waals surface area contributed by atoms with Crippen molar-refractivity contribution in [2.24, 2.45) is 0 Å². The maximum atomic E-state index is 10.4. The van der Waals surface area contributed by atoms with E-state index in [1.165, 1.54) is 0 Å². The highest BCUT2D eigenvalue weighted by Crippen LogP contribution is 2.07. The van der Waals surface area contributed by atoms with Gasteiger partial charge >= 0.3 is 5.82 Å². The molecule has 0 saturated carbocycles. The Morgan fingerprint density at radius 3 is 2.33 bits per heavy atom. The van der Waals surface area contributed by atoms with Crippen LogP contribution >= 0.6 is 0 Å². The lowest BCUT2D eigenvalue weighted by Gasteiger charge is -2.09. The van der Waals surface area contributed by atoms with Gasteiger partial charge in [-0.3, -0.25) is 0 Å². The van der Waals surface area contributed by atoms with Crippen LogP contribution in [0.15, 0.2) is 0 Å². The first-order chi connectivity index (χ1) is 5.43. The lowest BCUT2D eigenvalue weighted by molar-refractivity contribution is -0.388. The van der Waals surface area contributed by atoms with Crippen LogP contribution in [0.4, 0.5) is 5.82 Å². The second-order valence-corrected chi connectivity index (χ2v) is 8.48. The van der Waals surface area contributed by atoms with Crippen LogP contribution in [0.2, 0.25) is 19.6 Å². The van der Waals surface area contributed by atoms with Crippen molar-refractivity contribution in [3.8, 4) is 0 Å². The first kappa shape index (κ1) is 8.85. The molecule has 12 heavy (non-hydrogen) atoms. The van der Waals surface area contributed by atoms with Gasteiger partial charge in [0.05, 0.1) is 5.10 Å². The molecule has 1 heterocycles. The third-order valence-corrected chi connectivity index (χ3v) is 3.17. The lowest BCUT2D eigenvalue weighted by atomic mass is 10.8. The van der Waals surface area contributed by atoms with Crippen LogP contribution in [-0.4, -0.2) is 28.4 Å². The largest absolute Gasteiger partial charge is 0.408 e. The van der Waals surface area contributed by atoms with Gasteiger partial charge in [0.15, 0.2) is 0 Å². The highest BCUT2D eigenvalue weighted by atomic mass is 28.3. The van der Waals surface area contributed by atoms with Gasteiger partial charge in [0.1, 0.15) is 13.4 Å². The predicted octanol–water partition coefficient (Wildman–Crippen LogP) is 0.258. The molecule has 0 spiro atoms. The summed E-state index contributed by atoms with van der Waals surface area (Å²) in [6.07, 6.45) is 0. The first-order valence-electron chi connectivity index (χ1n) is 3.48. The Morgan fingerprint density at radius 1 is 1.42 bits per heavy atom. The van der Waals surface area contributed by atoms with E-state index in [4.69, 9.17) is 0 Å². The molecule has 0 fully saturated rings. The molecule has 0 aromatic carbocycles. The molecule has 1 aromatic rings. The molecule has 0 bridgehead atoms. The minimum absolute atomic E-state index is 0.130. The zero-order chi connectivity index (χ0) is 9.35. The average Bonchev–Trinajstić information content (AvgIpc) is 2.30. The zero-order valence-corrected chi connectivity index (χ0v) is 8.16. The Morgan fingerprint density at radius 2 is 2.00 bits per heavy atom. The number of nitro groups is 1. The molecule has 6 nitrogen and oxygen atoms in total. The van der Waals surface area contributed by atoms with Crippen molar-refractivity contribution in [1.29, 1.82) is 0 Å². The number of hydrogen-bond donors (Lipinski definition) is 1. The van der Waals surface area contributed by atoms with E-state index in [-0.39, 0.29) is 5.82 Å². The maximum absolute atomic E-state index is 10.4. The van der Waals surface area contributed by atoms with E-state index < -0.39 is 13.0 Å². The van der Waals surface area contributed by atoms with E-state index in [2.05, 4.69) is 15.4 Å². The van der Waals surface area contributed by atoms with Crippen molar-refractivity contribution < 1.29 is 4.92 Å². The highest BCUT2D eigenvalue weighted by molar-refractivity contribution is 6.88. The molecule has 0 aliphatic carbocycles. The summed E-state index contributed by atoms with van der Waals surface area (Å²) >= 11 is 0. The number of hydrogen-bond acceptors (Lipinski definition) is 4. The van der Waals surface area contributed by atoms with E-state index in [1.807, 2.05) is 19.6 Å². The van der Waals surface area contributed by atoms with Crippen molar-refractivity contribution in [3.63, 3.8) is 0 Å². The molecule has 0 aliphatic heterocycles. The predicted molar refractivity (Wildman–Crippen MR) is 46.0 cm³/mol. The fourth-order valence-electron chi connectivity index (χ4n) is 0.856. The quantitative estimate of drug-likeness (QED) is 0.408. The van der Waals surface area contributed by atoms with Gasteiger partial charge < -0.3 is 10.1 Å². The van der Waals surface area contributed by atoms with Gasteiger partial charge in [0.2, 0.25) is 0 Å². The molecular weight excluding hydrogens is 176 g/mol. The topological polar surface area (TPSA) is 84.7 Å². The van der Waals surface area contributed by atoms with E-state index in [0.29, 0.717) is 5.32 Å². The van der Waals surface area contributed by atoms with Gasteiger partial charge in [-0.2, -0.15) is 0 Å². The van der Waals surface area contributed by atoms with Gasteiger partial charge in [-0.15, -0.1) is 10.3 Å². The molecule has 0 aliphatic rings. The third-order valence-electron chi connectivity index (χ3n) is 1.41. The number of H-pyrrole nitrogens is 1. The second-order valence-electron chi connectivity index (χ2n) is 3.50. The van der Waals surface area contributed by atoms with Crippen molar-refractivity contribution in [2.75, 3.05) is 0 Å². The monoisotopic (exact) mass is 186 g/mol. The Balaban J connectivity index is 3.17. The SMILES string of the molecule is C[Si](C)(C)c1n[nH]nc1[N+](=O)[O-]. The van der Waals surface area contributed by atoms with Gasteiger partial charge in [-0.25, -0.2) is 0 Å². The van der Waals surface area contributed by atoms with Crippen LogP contribution in [0.25, 0.3) is 0 Å². The average molecular weight is 186 g/mol. The van der Waals surface area contributed by atoms with E-state index in [9.17, 15) is 10.1 Å². The normalized spacial score (nSPS) is 11.6. The molecule has 1 rings (SSSR count). The Labute approximate surface area is 70.1 Å². The molecule has 1 N–H and O–H groups in total. The van der Waals surface area contributed by atoms with Crippen LogP contribution < -0.4 is 5.32 Å². The molecule has 1 aromatic heterocycles. The number of aromatic nitrogens is 3. The van der Waals surface area contributed by atoms with Gasteiger partial charge in [0.25, 0.3) is 0 Å². The summed E-state index contributed by atoms with van der Waals surface area (Å²) in [5.74, 6) is -0.130. The molecular formula is C5H10N4O2Si. The molecule has 0 atom stereocenters. The van der Waals surface area contributed by atoms with Gasteiger partial charge in [-0.05, 0) is 4.92 Å². The summed E-state index contributed by atoms with van der Waals surface area (Å²) in [7, 11) is -1.73. The highest BCUT2D eigenvalue weighted by Gasteiger charge is 2.31. The zero-order valence-electron chi connectivity index (χ0n) is 7.16. The Bertz CT molecular complexity index is 303. The Hall–Kier alpha value is -1.24. The third kappa shape index (κ3) is 1.50. The number of nitrogens with one attached hydrogen (secondary N) is 1. The summed E-state index contributed by atoms with van der Waals surface area (Å²) in [4.78, 5) is 9.93. The second kappa shape index (κ2) is 2.66. The molecule has 0 amide bonds. The summed E-state index contributed by atoms with van der Waals surface area (Å²) in [6, 6.07) is 0. The number of rotatable bonds is 2. The standard InChI is InChI=1S/C5H10N4O2Si/c1-12(2,3)5-4(9(10)11)6-8-7-5/h1-3H3,(H,6,7,8). The summed E-state index contributed by atoms with van der Waals surface area (Å²) in [5.41, 5.74) is 0. The van der Waals surface area contributed by atoms with Crippen LogP contribution in [0.1, 0.15) is 0 Å². The first-order valence-corrected chi connectivity index (χ1v) is 6.98. The van der Waals surface area contributed by atoms with Crippen molar-refractivity contribution in [2.45, 2.75) is 19.6 Å². The van der Waals surface area contributed by atoms with Crippen LogP contribution in [-0.2, 0) is 0 Å². The maximum Gasteiger partial charge on any atom is 0.408 e. The fraction of sp³-hybridized carbons (Fsp3) is 0.600. The van der Waals surface area contributed by atoms with Crippen LogP contribution in [0, 0.1) is 10.1 Å². The van der Waals surface area contributed by atoms with Gasteiger partial charge in [0, 0.05) is 0 Å². The smallest absolute Gasteiger partial charge is 0.358 e. The minimum atomic E-state index is -1.73. The van der Waals surface area contributed by atoms with E-state index >= 15 is 0 Å². The molecule has 7 heteroatoms. The Kier molecular flexibility index (Phi) is 1.97. The van der Waals surface area contributed by atoms with E-state index in [0.717, 1.165) is 0 Å². The minimum Gasteiger partial charge on any atom is -0.358 e. The molecule has 0 radical (unpaired) electrons. The van der Waals surface area contributed by atoms with Crippen LogP contribution in [0.5, 0.6) is 0 Å². The van der Waals surface area contributed by atoms with E-state index in [1.54, 1.807) is 0 Å². The van der Waals surface area contributed by atoms with Crippen molar-refractivity contribution in [3.05, 3.63) is 10.1 Å². The summed E-state index contributed by atoms with van der Waals surface area (Å²) in [6.45, 7) is 5.95.